The van der Waals surface area contributed by atoms with Gasteiger partial charge in [-0.2, -0.15) is 0 Å². The van der Waals surface area contributed by atoms with Crippen molar-refractivity contribution >= 4 is 0 Å². The van der Waals surface area contributed by atoms with Crippen LogP contribution < -0.4 is 0 Å². The molecule has 0 bridgehead atoms. The first-order valence-corrected chi connectivity index (χ1v) is 21.2. The third kappa shape index (κ3) is 6.44. The first kappa shape index (κ1) is 35.9. The van der Waals surface area contributed by atoms with Gasteiger partial charge in [0.15, 0.2) is 17.5 Å². The molecular weight excluding hydrogens is 727 g/mol. The molecule has 0 amide bonds. The molecule has 11 rings (SSSR count). The molecule has 286 valence electrons. The van der Waals surface area contributed by atoms with Gasteiger partial charge in [0.05, 0.1) is 0 Å². The highest BCUT2D eigenvalue weighted by Gasteiger charge is 2.45. The minimum Gasteiger partial charge on any atom is -0.208 e. The molecule has 1 saturated carbocycles. The van der Waals surface area contributed by atoms with Crippen molar-refractivity contribution in [1.29, 1.82) is 0 Å². The van der Waals surface area contributed by atoms with Gasteiger partial charge in [-0.15, -0.1) is 0 Å². The van der Waals surface area contributed by atoms with E-state index in [2.05, 4.69) is 164 Å². The van der Waals surface area contributed by atoms with Crippen LogP contribution in [0.15, 0.2) is 200 Å². The maximum atomic E-state index is 5.06. The van der Waals surface area contributed by atoms with Crippen LogP contribution in [-0.2, 0) is 5.41 Å². The molecular formula is C57H43N3. The van der Waals surface area contributed by atoms with Gasteiger partial charge in [-0.3, -0.25) is 0 Å². The molecule has 60 heavy (non-hydrogen) atoms. The zero-order chi connectivity index (χ0) is 39.9. The van der Waals surface area contributed by atoms with Crippen molar-refractivity contribution in [2.45, 2.75) is 37.5 Å². The van der Waals surface area contributed by atoms with Crippen LogP contribution in [0.1, 0.15) is 43.2 Å². The van der Waals surface area contributed by atoms with E-state index in [-0.39, 0.29) is 5.41 Å². The van der Waals surface area contributed by atoms with E-state index in [0.717, 1.165) is 33.4 Å². The van der Waals surface area contributed by atoms with Gasteiger partial charge in [0.1, 0.15) is 0 Å². The summed E-state index contributed by atoms with van der Waals surface area (Å²) in [5.41, 5.74) is 18.5. The van der Waals surface area contributed by atoms with Crippen molar-refractivity contribution in [2.24, 2.45) is 0 Å². The topological polar surface area (TPSA) is 38.7 Å². The van der Waals surface area contributed by atoms with Crippen LogP contribution in [0.4, 0.5) is 0 Å². The fraction of sp³-hybridized carbons (Fsp3) is 0.105. The number of nitrogens with zero attached hydrogens (tertiary/aromatic N) is 3. The predicted molar refractivity (Wildman–Crippen MR) is 247 cm³/mol. The fourth-order valence-electron chi connectivity index (χ4n) is 9.83. The highest BCUT2D eigenvalue weighted by molar-refractivity contribution is 5.89. The van der Waals surface area contributed by atoms with Crippen LogP contribution in [-0.4, -0.2) is 15.0 Å². The smallest absolute Gasteiger partial charge is 0.164 e. The number of benzene rings is 8. The van der Waals surface area contributed by atoms with Crippen molar-refractivity contribution < 1.29 is 0 Å². The summed E-state index contributed by atoms with van der Waals surface area (Å²) in [5, 5.41) is 0. The molecule has 0 unspecified atom stereocenters. The molecule has 2 aliphatic rings. The standard InChI is InChI=1S/C57H43N3/c1-4-15-39(16-5-1)40-31-33-44(34-32-40)55-58-54(43-17-6-2-7-18-43)59-56(60-55)48-22-13-20-46(38-48)42-29-27-41(28-30-42)45-19-12-21-47(37-45)49-24-14-25-51-50-23-8-9-26-52(50)57(53(49)51)35-10-3-11-36-57/h1-2,4-9,12-34,37-38H,3,10-11,35-36H2. The maximum Gasteiger partial charge on any atom is 0.164 e. The minimum atomic E-state index is 0.104. The molecule has 3 nitrogen and oxygen atoms in total. The Balaban J connectivity index is 0.912. The van der Waals surface area contributed by atoms with Gasteiger partial charge in [-0.1, -0.05) is 207 Å². The van der Waals surface area contributed by atoms with Crippen LogP contribution in [0, 0.1) is 0 Å². The first-order valence-electron chi connectivity index (χ1n) is 21.2. The zero-order valence-electron chi connectivity index (χ0n) is 33.4. The molecule has 1 aromatic heterocycles. The van der Waals surface area contributed by atoms with Gasteiger partial charge in [0.2, 0.25) is 0 Å². The Hall–Kier alpha value is -7.23. The lowest BCUT2D eigenvalue weighted by Crippen LogP contribution is -2.28. The zero-order valence-corrected chi connectivity index (χ0v) is 33.4. The summed E-state index contributed by atoms with van der Waals surface area (Å²) >= 11 is 0. The Morgan fingerprint density at radius 1 is 0.283 bits per heavy atom. The number of hydrogen-bond acceptors (Lipinski definition) is 3. The quantitative estimate of drug-likeness (QED) is 0.162. The lowest BCUT2D eigenvalue weighted by Gasteiger charge is -2.37. The molecule has 0 N–H and O–H groups in total. The molecule has 9 aromatic rings. The van der Waals surface area contributed by atoms with Crippen LogP contribution in [0.25, 0.3) is 89.8 Å². The van der Waals surface area contributed by atoms with E-state index in [9.17, 15) is 0 Å². The summed E-state index contributed by atoms with van der Waals surface area (Å²) in [5.74, 6) is 1.94. The molecule has 1 heterocycles. The first-order chi connectivity index (χ1) is 29.7. The third-order valence-corrected chi connectivity index (χ3v) is 12.7. The number of fused-ring (bicyclic) bond motifs is 5. The molecule has 0 atom stereocenters. The monoisotopic (exact) mass is 769 g/mol. The van der Waals surface area contributed by atoms with E-state index in [1.54, 1.807) is 5.56 Å². The normalized spacial score (nSPS) is 13.8. The van der Waals surface area contributed by atoms with Gasteiger partial charge in [-0.25, -0.2) is 15.0 Å². The fourth-order valence-corrected chi connectivity index (χ4v) is 9.83. The van der Waals surface area contributed by atoms with Crippen LogP contribution in [0.3, 0.4) is 0 Å². The lowest BCUT2D eigenvalue weighted by atomic mass is 9.66. The molecule has 0 aliphatic heterocycles. The molecule has 0 radical (unpaired) electrons. The molecule has 3 heteroatoms. The van der Waals surface area contributed by atoms with Crippen molar-refractivity contribution in [2.75, 3.05) is 0 Å². The van der Waals surface area contributed by atoms with Gasteiger partial charge in [0.25, 0.3) is 0 Å². The minimum absolute atomic E-state index is 0.104. The number of hydrogen-bond donors (Lipinski definition) is 0. The second-order valence-electron chi connectivity index (χ2n) is 16.3. The van der Waals surface area contributed by atoms with E-state index in [0.29, 0.717) is 17.5 Å². The number of aromatic nitrogens is 3. The summed E-state index contributed by atoms with van der Waals surface area (Å²) in [4.78, 5) is 15.1. The van der Waals surface area contributed by atoms with Gasteiger partial charge < -0.3 is 0 Å². The third-order valence-electron chi connectivity index (χ3n) is 12.7. The van der Waals surface area contributed by atoms with E-state index < -0.39 is 0 Å². The number of rotatable bonds is 7. The Labute approximate surface area is 352 Å². The van der Waals surface area contributed by atoms with Crippen LogP contribution in [0.5, 0.6) is 0 Å². The summed E-state index contributed by atoms with van der Waals surface area (Å²) in [7, 11) is 0. The average molecular weight is 770 g/mol. The Kier molecular flexibility index (Phi) is 9.08. The summed E-state index contributed by atoms with van der Waals surface area (Å²) < 4.78 is 0. The Bertz CT molecular complexity index is 2980. The predicted octanol–water partition coefficient (Wildman–Crippen LogP) is 14.8. The Morgan fingerprint density at radius 3 is 1.33 bits per heavy atom. The van der Waals surface area contributed by atoms with E-state index >= 15 is 0 Å². The van der Waals surface area contributed by atoms with E-state index in [1.807, 2.05) is 36.4 Å². The molecule has 1 spiro atoms. The van der Waals surface area contributed by atoms with Crippen molar-refractivity contribution in [3.05, 3.63) is 211 Å². The van der Waals surface area contributed by atoms with E-state index in [1.165, 1.54) is 76.6 Å². The van der Waals surface area contributed by atoms with E-state index in [4.69, 9.17) is 15.0 Å². The molecule has 8 aromatic carbocycles. The summed E-state index contributed by atoms with van der Waals surface area (Å²) in [6.45, 7) is 0. The average Bonchev–Trinajstić information content (AvgIpc) is 3.60. The highest BCUT2D eigenvalue weighted by atomic mass is 15.0. The lowest BCUT2D eigenvalue weighted by molar-refractivity contribution is 0.353. The molecule has 1 fully saturated rings. The van der Waals surface area contributed by atoms with Crippen molar-refractivity contribution in [3.8, 4) is 89.8 Å². The summed E-state index contributed by atoms with van der Waals surface area (Å²) in [6, 6.07) is 71.9. The van der Waals surface area contributed by atoms with Crippen molar-refractivity contribution in [3.63, 3.8) is 0 Å². The Morgan fingerprint density at radius 2 is 0.683 bits per heavy atom. The summed E-state index contributed by atoms with van der Waals surface area (Å²) in [6.07, 6.45) is 6.35. The largest absolute Gasteiger partial charge is 0.208 e. The second-order valence-corrected chi connectivity index (χ2v) is 16.3. The highest BCUT2D eigenvalue weighted by Crippen LogP contribution is 2.58. The van der Waals surface area contributed by atoms with Gasteiger partial charge >= 0.3 is 0 Å². The van der Waals surface area contributed by atoms with Gasteiger partial charge in [-0.05, 0) is 91.7 Å². The second kappa shape index (κ2) is 15.2. The maximum absolute atomic E-state index is 5.06. The van der Waals surface area contributed by atoms with Crippen molar-refractivity contribution in [1.82, 2.24) is 15.0 Å². The van der Waals surface area contributed by atoms with Crippen LogP contribution in [0.2, 0.25) is 0 Å². The van der Waals surface area contributed by atoms with Gasteiger partial charge in [0, 0.05) is 22.1 Å². The molecule has 0 saturated heterocycles. The van der Waals surface area contributed by atoms with Crippen LogP contribution >= 0.6 is 0 Å². The SMILES string of the molecule is c1ccc(-c2ccc(-c3nc(-c4ccccc4)nc(-c4cccc(-c5ccc(-c6cccc(-c7cccc8c7C7(CCCCC7)c7ccccc7-8)c6)cc5)c4)n3)cc2)cc1. The molecule has 2 aliphatic carbocycles.